The monoisotopic (exact) mass is 311 g/mol. The second-order valence-corrected chi connectivity index (χ2v) is 5.60. The molecule has 23 heavy (non-hydrogen) atoms. The summed E-state index contributed by atoms with van der Waals surface area (Å²) in [6.07, 6.45) is 0. The molecule has 4 nitrogen and oxygen atoms in total. The van der Waals surface area contributed by atoms with Gasteiger partial charge in [-0.3, -0.25) is 4.79 Å². The van der Waals surface area contributed by atoms with Gasteiger partial charge in [0, 0.05) is 5.56 Å². The number of ether oxygens (including phenoxy) is 1. The van der Waals surface area contributed by atoms with E-state index in [1.54, 1.807) is 19.1 Å². The minimum absolute atomic E-state index is 0.205. The predicted octanol–water partition coefficient (Wildman–Crippen LogP) is 3.17. The van der Waals surface area contributed by atoms with Crippen LogP contribution in [0.15, 0.2) is 48.5 Å². The third-order valence-electron chi connectivity index (χ3n) is 3.61. The van der Waals surface area contributed by atoms with Crippen LogP contribution in [0.4, 0.5) is 0 Å². The van der Waals surface area contributed by atoms with Gasteiger partial charge < -0.3 is 10.1 Å². The Bertz CT molecular complexity index is 709. The van der Waals surface area contributed by atoms with Crippen molar-refractivity contribution in [2.45, 2.75) is 33.4 Å². The second-order valence-electron chi connectivity index (χ2n) is 5.60. The van der Waals surface area contributed by atoms with Gasteiger partial charge >= 0.3 is 5.97 Å². The van der Waals surface area contributed by atoms with Crippen molar-refractivity contribution in [2.24, 2.45) is 0 Å². The number of carbonyl (C=O) groups excluding carboxylic acids is 2. The Hall–Kier alpha value is -2.62. The fourth-order valence-corrected chi connectivity index (χ4v) is 2.17. The highest BCUT2D eigenvalue weighted by Crippen LogP contribution is 2.09. The van der Waals surface area contributed by atoms with Crippen molar-refractivity contribution < 1.29 is 14.3 Å². The summed E-state index contributed by atoms with van der Waals surface area (Å²) in [6, 6.07) is 14.2. The number of benzene rings is 2. The minimum atomic E-state index is -0.702. The zero-order valence-corrected chi connectivity index (χ0v) is 13.6. The molecule has 0 aliphatic rings. The van der Waals surface area contributed by atoms with E-state index in [1.165, 1.54) is 0 Å². The fourth-order valence-electron chi connectivity index (χ4n) is 2.17. The summed E-state index contributed by atoms with van der Waals surface area (Å²) in [6.45, 7) is 5.70. The van der Waals surface area contributed by atoms with Crippen LogP contribution in [0.3, 0.4) is 0 Å². The second kappa shape index (κ2) is 7.58. The fraction of sp³-hybridized carbons (Fsp3) is 0.263. The van der Waals surface area contributed by atoms with Gasteiger partial charge in [0.1, 0.15) is 12.6 Å². The van der Waals surface area contributed by atoms with Gasteiger partial charge in [-0.25, -0.2) is 4.79 Å². The molecule has 0 radical (unpaired) electrons. The third kappa shape index (κ3) is 4.68. The third-order valence-corrected chi connectivity index (χ3v) is 3.61. The summed E-state index contributed by atoms with van der Waals surface area (Å²) in [5.41, 5.74) is 3.55. The van der Waals surface area contributed by atoms with E-state index in [1.807, 2.05) is 50.2 Å². The molecule has 0 unspecified atom stereocenters. The number of hydrogen-bond acceptors (Lipinski definition) is 3. The van der Waals surface area contributed by atoms with E-state index >= 15 is 0 Å². The summed E-state index contributed by atoms with van der Waals surface area (Å²) in [5.74, 6) is -0.733. The molecular weight excluding hydrogens is 290 g/mol. The van der Waals surface area contributed by atoms with E-state index in [4.69, 9.17) is 4.74 Å². The van der Waals surface area contributed by atoms with Crippen LogP contribution in [0.2, 0.25) is 0 Å². The van der Waals surface area contributed by atoms with Crippen molar-refractivity contribution in [3.8, 4) is 0 Å². The quantitative estimate of drug-likeness (QED) is 0.863. The number of esters is 1. The molecule has 0 aromatic heterocycles. The summed E-state index contributed by atoms with van der Waals surface area (Å²) < 4.78 is 5.28. The average Bonchev–Trinajstić information content (AvgIpc) is 2.53. The van der Waals surface area contributed by atoms with Crippen LogP contribution in [0.1, 0.15) is 34.0 Å². The summed E-state index contributed by atoms with van der Waals surface area (Å²) >= 11 is 0. The number of nitrogens with one attached hydrogen (secondary N) is 1. The van der Waals surface area contributed by atoms with Crippen molar-refractivity contribution >= 4 is 11.9 Å². The van der Waals surface area contributed by atoms with E-state index in [2.05, 4.69) is 5.32 Å². The Kier molecular flexibility index (Phi) is 5.52. The number of aryl methyl sites for hydroxylation is 2. The molecule has 0 aliphatic carbocycles. The van der Waals surface area contributed by atoms with E-state index in [9.17, 15) is 9.59 Å². The highest BCUT2D eigenvalue weighted by molar-refractivity contribution is 5.96. The molecule has 0 spiro atoms. The molecule has 4 heteroatoms. The Labute approximate surface area is 136 Å². The van der Waals surface area contributed by atoms with E-state index in [-0.39, 0.29) is 12.5 Å². The Balaban J connectivity index is 1.90. The van der Waals surface area contributed by atoms with Crippen LogP contribution in [-0.4, -0.2) is 17.9 Å². The summed E-state index contributed by atoms with van der Waals surface area (Å²) in [4.78, 5) is 24.1. The topological polar surface area (TPSA) is 55.4 Å². The molecule has 1 N–H and O–H groups in total. The van der Waals surface area contributed by atoms with Crippen LogP contribution < -0.4 is 5.32 Å². The van der Waals surface area contributed by atoms with E-state index in [0.29, 0.717) is 5.56 Å². The van der Waals surface area contributed by atoms with Crippen LogP contribution >= 0.6 is 0 Å². The molecule has 0 aliphatic heterocycles. The van der Waals surface area contributed by atoms with Crippen molar-refractivity contribution in [2.75, 3.05) is 0 Å². The Morgan fingerprint density at radius 3 is 2.52 bits per heavy atom. The van der Waals surface area contributed by atoms with Gasteiger partial charge in [-0.2, -0.15) is 0 Å². The van der Waals surface area contributed by atoms with Gasteiger partial charge in [0.2, 0.25) is 0 Å². The van der Waals surface area contributed by atoms with Gasteiger partial charge in [-0.15, -0.1) is 0 Å². The molecule has 2 aromatic carbocycles. The lowest BCUT2D eigenvalue weighted by Crippen LogP contribution is -2.39. The lowest BCUT2D eigenvalue weighted by Gasteiger charge is -2.14. The van der Waals surface area contributed by atoms with Gasteiger partial charge in [0.05, 0.1) is 0 Å². The first-order valence-corrected chi connectivity index (χ1v) is 7.56. The molecular formula is C19H21NO3. The molecule has 120 valence electrons. The van der Waals surface area contributed by atoms with Crippen LogP contribution in [-0.2, 0) is 16.1 Å². The predicted molar refractivity (Wildman–Crippen MR) is 89.1 cm³/mol. The first-order valence-electron chi connectivity index (χ1n) is 7.56. The zero-order chi connectivity index (χ0) is 16.8. The van der Waals surface area contributed by atoms with Crippen molar-refractivity contribution in [1.29, 1.82) is 0 Å². The average molecular weight is 311 g/mol. The lowest BCUT2D eigenvalue weighted by molar-refractivity contribution is -0.146. The maximum absolute atomic E-state index is 12.1. The molecule has 0 fully saturated rings. The Morgan fingerprint density at radius 1 is 1.09 bits per heavy atom. The first kappa shape index (κ1) is 16.7. The SMILES string of the molecule is Cc1cccc(C(=O)N[C@@H](C)C(=O)OCc2ccccc2C)c1. The zero-order valence-electron chi connectivity index (χ0n) is 13.6. The van der Waals surface area contributed by atoms with E-state index < -0.39 is 12.0 Å². The van der Waals surface area contributed by atoms with Crippen LogP contribution in [0.25, 0.3) is 0 Å². The molecule has 0 heterocycles. The van der Waals surface area contributed by atoms with Crippen molar-refractivity contribution in [3.63, 3.8) is 0 Å². The molecule has 2 rings (SSSR count). The molecule has 1 amide bonds. The molecule has 0 saturated carbocycles. The molecule has 2 aromatic rings. The normalized spacial score (nSPS) is 11.6. The number of carbonyl (C=O) groups is 2. The van der Waals surface area contributed by atoms with Gasteiger partial charge in [0.25, 0.3) is 5.91 Å². The number of amides is 1. The Morgan fingerprint density at radius 2 is 1.83 bits per heavy atom. The van der Waals surface area contributed by atoms with Crippen LogP contribution in [0, 0.1) is 13.8 Å². The minimum Gasteiger partial charge on any atom is -0.459 e. The van der Waals surface area contributed by atoms with Crippen molar-refractivity contribution in [1.82, 2.24) is 5.32 Å². The van der Waals surface area contributed by atoms with Gasteiger partial charge in [-0.1, -0.05) is 42.0 Å². The maximum atomic E-state index is 12.1. The highest BCUT2D eigenvalue weighted by atomic mass is 16.5. The van der Waals surface area contributed by atoms with Crippen LogP contribution in [0.5, 0.6) is 0 Å². The summed E-state index contributed by atoms with van der Waals surface area (Å²) in [5, 5.41) is 2.66. The molecule has 1 atom stereocenters. The summed E-state index contributed by atoms with van der Waals surface area (Å²) in [7, 11) is 0. The molecule has 0 saturated heterocycles. The van der Waals surface area contributed by atoms with E-state index in [0.717, 1.165) is 16.7 Å². The lowest BCUT2D eigenvalue weighted by atomic mass is 10.1. The standard InChI is InChI=1S/C19H21NO3/c1-13-7-6-10-16(11-13)18(21)20-15(3)19(22)23-12-17-9-5-4-8-14(17)2/h4-11,15H,12H2,1-3H3,(H,20,21)/t15-/m0/s1. The van der Waals surface area contributed by atoms with Crippen molar-refractivity contribution in [3.05, 3.63) is 70.8 Å². The largest absolute Gasteiger partial charge is 0.459 e. The first-order chi connectivity index (χ1) is 11.0. The molecule has 0 bridgehead atoms. The highest BCUT2D eigenvalue weighted by Gasteiger charge is 2.18. The van der Waals surface area contributed by atoms with Gasteiger partial charge in [-0.05, 0) is 44.0 Å². The number of rotatable bonds is 5. The smallest absolute Gasteiger partial charge is 0.328 e. The van der Waals surface area contributed by atoms with Gasteiger partial charge in [0.15, 0.2) is 0 Å². The maximum Gasteiger partial charge on any atom is 0.328 e. The number of hydrogen-bond donors (Lipinski definition) is 1.